The molecule has 0 aliphatic heterocycles. The van der Waals surface area contributed by atoms with E-state index in [-0.39, 0.29) is 6.10 Å². The van der Waals surface area contributed by atoms with Gasteiger partial charge in [-0.1, -0.05) is 140 Å². The average Bonchev–Trinajstić information content (AvgIpc) is 3.27. The number of aliphatic hydroxyl groups excluding tert-OH is 1. The minimum atomic E-state index is -0.265. The van der Waals surface area contributed by atoms with Gasteiger partial charge < -0.3 is 30.0 Å². The first kappa shape index (κ1) is 42.2. The molecule has 6 aromatic rings. The lowest BCUT2D eigenvalue weighted by molar-refractivity contribution is 0.149. The zero-order chi connectivity index (χ0) is 39.9. The van der Waals surface area contributed by atoms with Crippen LogP contribution in [-0.2, 0) is 45.5 Å². The summed E-state index contributed by atoms with van der Waals surface area (Å²) in [4.78, 5) is 0. The molecule has 0 amide bonds. The van der Waals surface area contributed by atoms with E-state index in [1.54, 1.807) is 0 Å². The number of hydrogen-bond donors (Lipinski definition) is 3. The van der Waals surface area contributed by atoms with Crippen LogP contribution in [0.1, 0.15) is 64.6 Å². The molecule has 0 radical (unpaired) electrons. The summed E-state index contributed by atoms with van der Waals surface area (Å²) < 4.78 is 19.4. The van der Waals surface area contributed by atoms with Crippen LogP contribution >= 0.6 is 0 Å². The summed E-state index contributed by atoms with van der Waals surface area (Å²) in [7, 11) is 0. The Bertz CT molecular complexity index is 2010. The van der Waals surface area contributed by atoms with Gasteiger partial charge in [0.05, 0.1) is 6.10 Å². The van der Waals surface area contributed by atoms with Crippen LogP contribution in [0.5, 0.6) is 17.2 Å². The molecule has 0 heterocycles. The van der Waals surface area contributed by atoms with E-state index in [0.29, 0.717) is 19.8 Å². The molecule has 0 aliphatic rings. The first-order valence-corrected chi connectivity index (χ1v) is 21.1. The van der Waals surface area contributed by atoms with Crippen LogP contribution in [0.4, 0.5) is 0 Å². The smallest absolute Gasteiger partial charge is 0.165 e. The third-order valence-electron chi connectivity index (χ3n) is 10.4. The van der Waals surface area contributed by atoms with Crippen LogP contribution in [0.2, 0.25) is 0 Å². The Kier molecular flexibility index (Phi) is 17.8. The van der Waals surface area contributed by atoms with Crippen molar-refractivity contribution < 1.29 is 19.3 Å². The summed E-state index contributed by atoms with van der Waals surface area (Å²) in [6, 6.07) is 54.2. The van der Waals surface area contributed by atoms with Crippen LogP contribution < -0.4 is 24.8 Å². The summed E-state index contributed by atoms with van der Waals surface area (Å²) in [5.41, 5.74) is 8.35. The Morgan fingerprint density at radius 3 is 1.55 bits per heavy atom. The van der Waals surface area contributed by atoms with Crippen molar-refractivity contribution >= 4 is 0 Å². The van der Waals surface area contributed by atoms with Crippen molar-refractivity contribution in [3.8, 4) is 17.2 Å². The average molecular weight is 777 g/mol. The van der Waals surface area contributed by atoms with Crippen LogP contribution in [0.15, 0.2) is 158 Å². The molecule has 1 unspecified atom stereocenters. The van der Waals surface area contributed by atoms with Gasteiger partial charge in [-0.25, -0.2) is 0 Å². The number of benzene rings is 6. The summed E-state index contributed by atoms with van der Waals surface area (Å²) in [5, 5.41) is 17.8. The molecule has 3 N–H and O–H groups in total. The van der Waals surface area contributed by atoms with Crippen LogP contribution in [0.3, 0.4) is 0 Å². The number of nitrogens with one attached hydrogen (secondary N) is 2. The van der Waals surface area contributed by atoms with Crippen LogP contribution in [0, 0.1) is 0 Å². The Balaban J connectivity index is 1.06. The van der Waals surface area contributed by atoms with Crippen LogP contribution in [0.25, 0.3) is 0 Å². The Morgan fingerprint density at radius 2 is 0.948 bits per heavy atom. The lowest BCUT2D eigenvalue weighted by atomic mass is 9.96. The molecule has 6 aromatic carbocycles. The second kappa shape index (κ2) is 24.4. The van der Waals surface area contributed by atoms with E-state index in [2.05, 4.69) is 108 Å². The molecule has 6 nitrogen and oxygen atoms in total. The fraction of sp³-hybridized carbons (Fsp3) is 0.308. The standard InChI is InChI=1S/C52H60N2O4/c55-48(25-14-34-53-36-32-42-16-5-1-6-17-42)26-15-35-54-37-33-47-29-31-51(57-40-45-20-9-3-10-21-45)52(58-41-46-22-11-4-12-23-46)50(47)30-28-43-24-13-27-49(38-43)56-39-44-18-7-2-8-19-44/h1-13,16-24,27,29,31,38,48,53-55H,14-15,25-26,28,30,32-37,39-41H2. The number of ether oxygens (including phenoxy) is 3. The third-order valence-corrected chi connectivity index (χ3v) is 10.4. The molecule has 0 spiro atoms. The maximum absolute atomic E-state index is 10.6. The lowest BCUT2D eigenvalue weighted by Gasteiger charge is -2.20. The second-order valence-electron chi connectivity index (χ2n) is 14.9. The molecule has 0 saturated heterocycles. The van der Waals surface area contributed by atoms with E-state index in [9.17, 15) is 5.11 Å². The largest absolute Gasteiger partial charge is 0.489 e. The van der Waals surface area contributed by atoms with Gasteiger partial charge in [-0.15, -0.1) is 0 Å². The minimum absolute atomic E-state index is 0.265. The van der Waals surface area contributed by atoms with E-state index < -0.39 is 0 Å². The van der Waals surface area contributed by atoms with Gasteiger partial charge in [0.2, 0.25) is 0 Å². The van der Waals surface area contributed by atoms with Gasteiger partial charge in [-0.05, 0) is 129 Å². The zero-order valence-electron chi connectivity index (χ0n) is 33.9. The highest BCUT2D eigenvalue weighted by Crippen LogP contribution is 2.37. The van der Waals surface area contributed by atoms with Gasteiger partial charge in [0.25, 0.3) is 0 Å². The Hall–Kier alpha value is -5.40. The van der Waals surface area contributed by atoms with Gasteiger partial charge in [0.1, 0.15) is 25.6 Å². The quantitative estimate of drug-likeness (QED) is 0.0477. The molecule has 302 valence electrons. The van der Waals surface area contributed by atoms with Crippen molar-refractivity contribution in [2.24, 2.45) is 0 Å². The SMILES string of the molecule is OC(CCCNCCc1ccccc1)CCCNCCc1ccc(OCc2ccccc2)c(OCc2ccccc2)c1CCc1cccc(OCc2ccccc2)c1. The normalized spacial score (nSPS) is 11.6. The highest BCUT2D eigenvalue weighted by molar-refractivity contribution is 5.52. The maximum Gasteiger partial charge on any atom is 0.165 e. The van der Waals surface area contributed by atoms with Gasteiger partial charge in [0, 0.05) is 5.56 Å². The van der Waals surface area contributed by atoms with Crippen molar-refractivity contribution in [1.29, 1.82) is 0 Å². The van der Waals surface area contributed by atoms with E-state index >= 15 is 0 Å². The van der Waals surface area contributed by atoms with Gasteiger partial charge in [-0.3, -0.25) is 0 Å². The molecule has 0 bridgehead atoms. The molecule has 0 aromatic heterocycles. The highest BCUT2D eigenvalue weighted by Gasteiger charge is 2.18. The molecule has 0 aliphatic carbocycles. The first-order valence-electron chi connectivity index (χ1n) is 21.1. The predicted octanol–water partition coefficient (Wildman–Crippen LogP) is 10.1. The minimum Gasteiger partial charge on any atom is -0.489 e. The van der Waals surface area contributed by atoms with Crippen molar-refractivity contribution in [2.75, 3.05) is 26.2 Å². The highest BCUT2D eigenvalue weighted by atomic mass is 16.5. The van der Waals surface area contributed by atoms with Crippen molar-refractivity contribution in [3.05, 3.63) is 197 Å². The third kappa shape index (κ3) is 14.8. The second-order valence-corrected chi connectivity index (χ2v) is 14.9. The summed E-state index contributed by atoms with van der Waals surface area (Å²) in [6.45, 7) is 5.04. The zero-order valence-corrected chi connectivity index (χ0v) is 33.9. The topological polar surface area (TPSA) is 72.0 Å². The molecule has 58 heavy (non-hydrogen) atoms. The van der Waals surface area contributed by atoms with E-state index in [1.807, 2.05) is 60.7 Å². The summed E-state index contributed by atoms with van der Waals surface area (Å²) >= 11 is 0. The molecular formula is C52H60N2O4. The summed E-state index contributed by atoms with van der Waals surface area (Å²) in [5.74, 6) is 2.44. The number of aryl methyl sites for hydroxylation is 1. The lowest BCUT2D eigenvalue weighted by Crippen LogP contribution is -2.22. The fourth-order valence-corrected chi connectivity index (χ4v) is 7.11. The van der Waals surface area contributed by atoms with E-state index in [4.69, 9.17) is 14.2 Å². The molecule has 0 saturated carbocycles. The molecule has 6 rings (SSSR count). The molecule has 1 atom stereocenters. The number of aliphatic hydroxyl groups is 1. The fourth-order valence-electron chi connectivity index (χ4n) is 7.11. The molecule has 6 heteroatoms. The molecular weight excluding hydrogens is 717 g/mol. The number of hydrogen-bond acceptors (Lipinski definition) is 6. The predicted molar refractivity (Wildman–Crippen MR) is 237 cm³/mol. The Morgan fingerprint density at radius 1 is 0.431 bits per heavy atom. The number of rotatable bonds is 26. The van der Waals surface area contributed by atoms with Crippen LogP contribution in [-0.4, -0.2) is 37.4 Å². The first-order chi connectivity index (χ1) is 28.7. The monoisotopic (exact) mass is 776 g/mol. The van der Waals surface area contributed by atoms with Crippen molar-refractivity contribution in [3.63, 3.8) is 0 Å². The van der Waals surface area contributed by atoms with E-state index in [0.717, 1.165) is 111 Å². The van der Waals surface area contributed by atoms with Crippen molar-refractivity contribution in [1.82, 2.24) is 10.6 Å². The maximum atomic E-state index is 10.6. The van der Waals surface area contributed by atoms with Gasteiger partial charge in [0.15, 0.2) is 11.5 Å². The van der Waals surface area contributed by atoms with Gasteiger partial charge in [-0.2, -0.15) is 0 Å². The molecule has 0 fully saturated rings. The van der Waals surface area contributed by atoms with Gasteiger partial charge >= 0.3 is 0 Å². The van der Waals surface area contributed by atoms with E-state index in [1.165, 1.54) is 22.3 Å². The van der Waals surface area contributed by atoms with Crippen molar-refractivity contribution in [2.45, 2.75) is 77.3 Å². The Labute approximate surface area is 346 Å². The summed E-state index contributed by atoms with van der Waals surface area (Å²) in [6.07, 6.45) is 6.80.